The van der Waals surface area contributed by atoms with E-state index in [1.165, 1.54) is 0 Å². The Morgan fingerprint density at radius 3 is 2.55 bits per heavy atom. The number of nitrogens with one attached hydrogen (secondary N) is 2. The van der Waals surface area contributed by atoms with Crippen molar-refractivity contribution in [2.75, 3.05) is 12.4 Å². The highest BCUT2D eigenvalue weighted by molar-refractivity contribution is 5.98. The van der Waals surface area contributed by atoms with Crippen LogP contribution in [0, 0.1) is 0 Å². The molecular weight excluding hydrogens is 254 g/mol. The molecule has 1 aromatic carbocycles. The standard InChI is InChI=1S/C15H23N3O2/c1-4-9-15(2,16)14(20)18-12-8-6-5-7-11(12)10-13(19)17-3/h5-8H,4,9-10,16H2,1-3H3,(H,17,19)(H,18,20). The summed E-state index contributed by atoms with van der Waals surface area (Å²) in [6.07, 6.45) is 1.67. The van der Waals surface area contributed by atoms with Crippen molar-refractivity contribution in [2.45, 2.75) is 38.6 Å². The highest BCUT2D eigenvalue weighted by Gasteiger charge is 2.27. The molecule has 0 aliphatic carbocycles. The molecule has 0 aromatic heterocycles. The van der Waals surface area contributed by atoms with Gasteiger partial charge in [-0.1, -0.05) is 31.5 Å². The predicted molar refractivity (Wildman–Crippen MR) is 80.3 cm³/mol. The van der Waals surface area contributed by atoms with Crippen molar-refractivity contribution in [1.82, 2.24) is 5.32 Å². The lowest BCUT2D eigenvalue weighted by Crippen LogP contribution is -2.48. The number of rotatable bonds is 6. The molecule has 0 bridgehead atoms. The van der Waals surface area contributed by atoms with Crippen molar-refractivity contribution in [3.05, 3.63) is 29.8 Å². The van der Waals surface area contributed by atoms with Gasteiger partial charge in [-0.15, -0.1) is 0 Å². The van der Waals surface area contributed by atoms with Gasteiger partial charge in [0.1, 0.15) is 0 Å². The minimum Gasteiger partial charge on any atom is -0.359 e. The van der Waals surface area contributed by atoms with E-state index in [0.29, 0.717) is 12.1 Å². The Bertz CT molecular complexity index is 484. The Balaban J connectivity index is 2.87. The van der Waals surface area contributed by atoms with Gasteiger partial charge < -0.3 is 16.4 Å². The third kappa shape index (κ3) is 4.35. The van der Waals surface area contributed by atoms with Gasteiger partial charge in [-0.05, 0) is 25.0 Å². The number of amides is 2. The molecule has 110 valence electrons. The van der Waals surface area contributed by atoms with Gasteiger partial charge in [-0.25, -0.2) is 0 Å². The number of carbonyl (C=O) groups is 2. The van der Waals surface area contributed by atoms with E-state index in [1.807, 2.05) is 25.1 Å². The molecule has 0 saturated carbocycles. The van der Waals surface area contributed by atoms with Crippen LogP contribution in [0.2, 0.25) is 0 Å². The van der Waals surface area contributed by atoms with E-state index in [2.05, 4.69) is 10.6 Å². The van der Waals surface area contributed by atoms with Crippen molar-refractivity contribution in [3.63, 3.8) is 0 Å². The molecule has 4 N–H and O–H groups in total. The maximum absolute atomic E-state index is 12.2. The number of hydrogen-bond acceptors (Lipinski definition) is 3. The fourth-order valence-electron chi connectivity index (χ4n) is 1.96. The number of carbonyl (C=O) groups excluding carboxylic acids is 2. The Morgan fingerprint density at radius 1 is 1.30 bits per heavy atom. The second-order valence-electron chi connectivity index (χ2n) is 5.13. The van der Waals surface area contributed by atoms with Gasteiger partial charge in [-0.2, -0.15) is 0 Å². The lowest BCUT2D eigenvalue weighted by molar-refractivity contribution is -0.121. The zero-order chi connectivity index (χ0) is 15.2. The van der Waals surface area contributed by atoms with Crippen LogP contribution in [0.4, 0.5) is 5.69 Å². The van der Waals surface area contributed by atoms with Crippen LogP contribution in [0.15, 0.2) is 24.3 Å². The molecule has 2 amide bonds. The van der Waals surface area contributed by atoms with Gasteiger partial charge in [0.25, 0.3) is 0 Å². The molecule has 1 unspecified atom stereocenters. The second-order valence-corrected chi connectivity index (χ2v) is 5.13. The number of anilines is 1. The summed E-state index contributed by atoms with van der Waals surface area (Å²) >= 11 is 0. The normalized spacial score (nSPS) is 13.4. The molecule has 0 saturated heterocycles. The van der Waals surface area contributed by atoms with Gasteiger partial charge >= 0.3 is 0 Å². The van der Waals surface area contributed by atoms with E-state index in [1.54, 1.807) is 20.0 Å². The molecule has 0 aliphatic heterocycles. The summed E-state index contributed by atoms with van der Waals surface area (Å²) in [4.78, 5) is 23.7. The van der Waals surface area contributed by atoms with E-state index >= 15 is 0 Å². The van der Waals surface area contributed by atoms with Crippen molar-refractivity contribution in [1.29, 1.82) is 0 Å². The second kappa shape index (κ2) is 7.05. The minimum atomic E-state index is -0.908. The third-order valence-electron chi connectivity index (χ3n) is 3.18. The molecule has 20 heavy (non-hydrogen) atoms. The summed E-state index contributed by atoms with van der Waals surface area (Å²) < 4.78 is 0. The fraction of sp³-hybridized carbons (Fsp3) is 0.467. The molecule has 5 nitrogen and oxygen atoms in total. The molecule has 0 heterocycles. The molecule has 0 fully saturated rings. The van der Waals surface area contributed by atoms with E-state index in [-0.39, 0.29) is 18.2 Å². The minimum absolute atomic E-state index is 0.101. The van der Waals surface area contributed by atoms with Crippen LogP contribution in [-0.2, 0) is 16.0 Å². The van der Waals surface area contributed by atoms with Crippen LogP contribution < -0.4 is 16.4 Å². The SMILES string of the molecule is CCCC(C)(N)C(=O)Nc1ccccc1CC(=O)NC. The topological polar surface area (TPSA) is 84.2 Å². The first-order chi connectivity index (χ1) is 9.40. The number of nitrogens with two attached hydrogens (primary N) is 1. The average Bonchev–Trinajstić information content (AvgIpc) is 2.40. The summed E-state index contributed by atoms with van der Waals surface area (Å²) in [5.41, 5.74) is 6.50. The zero-order valence-electron chi connectivity index (χ0n) is 12.3. The third-order valence-corrected chi connectivity index (χ3v) is 3.18. The van der Waals surface area contributed by atoms with Crippen LogP contribution in [0.1, 0.15) is 32.3 Å². The van der Waals surface area contributed by atoms with E-state index in [0.717, 1.165) is 12.0 Å². The number of para-hydroxylation sites is 1. The maximum atomic E-state index is 12.2. The predicted octanol–water partition coefficient (Wildman–Crippen LogP) is 1.43. The smallest absolute Gasteiger partial charge is 0.244 e. The van der Waals surface area contributed by atoms with Crippen molar-refractivity contribution in [2.24, 2.45) is 5.73 Å². The highest BCUT2D eigenvalue weighted by Crippen LogP contribution is 2.18. The Labute approximate surface area is 119 Å². The summed E-state index contributed by atoms with van der Waals surface area (Å²) in [6.45, 7) is 3.70. The Morgan fingerprint density at radius 2 is 1.95 bits per heavy atom. The summed E-state index contributed by atoms with van der Waals surface area (Å²) in [5, 5.41) is 5.39. The van der Waals surface area contributed by atoms with E-state index in [4.69, 9.17) is 5.73 Å². The van der Waals surface area contributed by atoms with E-state index in [9.17, 15) is 9.59 Å². The molecule has 1 atom stereocenters. The zero-order valence-corrected chi connectivity index (χ0v) is 12.3. The number of benzene rings is 1. The van der Waals surface area contributed by atoms with Crippen molar-refractivity contribution in [3.8, 4) is 0 Å². The van der Waals surface area contributed by atoms with Crippen LogP contribution in [0.5, 0.6) is 0 Å². The molecule has 0 aliphatic rings. The summed E-state index contributed by atoms with van der Waals surface area (Å²) in [7, 11) is 1.59. The van der Waals surface area contributed by atoms with Gasteiger partial charge in [0.2, 0.25) is 11.8 Å². The Hall–Kier alpha value is -1.88. The molecule has 1 aromatic rings. The molecular formula is C15H23N3O2. The number of likely N-dealkylation sites (N-methyl/N-ethyl adjacent to an activating group) is 1. The average molecular weight is 277 g/mol. The monoisotopic (exact) mass is 277 g/mol. The largest absolute Gasteiger partial charge is 0.359 e. The lowest BCUT2D eigenvalue weighted by atomic mass is 9.96. The van der Waals surface area contributed by atoms with Crippen LogP contribution >= 0.6 is 0 Å². The molecule has 0 spiro atoms. The summed E-state index contributed by atoms with van der Waals surface area (Å²) in [5.74, 6) is -0.334. The van der Waals surface area contributed by atoms with Crippen LogP contribution in [0.3, 0.4) is 0 Å². The van der Waals surface area contributed by atoms with Gasteiger partial charge in [0.05, 0.1) is 12.0 Å². The highest BCUT2D eigenvalue weighted by atomic mass is 16.2. The van der Waals surface area contributed by atoms with Gasteiger partial charge in [0.15, 0.2) is 0 Å². The molecule has 5 heteroatoms. The maximum Gasteiger partial charge on any atom is 0.244 e. The quantitative estimate of drug-likeness (QED) is 0.735. The van der Waals surface area contributed by atoms with Crippen LogP contribution in [-0.4, -0.2) is 24.4 Å². The molecule has 0 radical (unpaired) electrons. The molecule has 1 rings (SSSR count). The summed E-state index contributed by atoms with van der Waals surface area (Å²) in [6, 6.07) is 7.25. The van der Waals surface area contributed by atoms with E-state index < -0.39 is 5.54 Å². The van der Waals surface area contributed by atoms with Crippen LogP contribution in [0.25, 0.3) is 0 Å². The first-order valence-electron chi connectivity index (χ1n) is 6.79. The first-order valence-corrected chi connectivity index (χ1v) is 6.79. The van der Waals surface area contributed by atoms with Crippen molar-refractivity contribution >= 4 is 17.5 Å². The van der Waals surface area contributed by atoms with Gasteiger partial charge in [0, 0.05) is 12.7 Å². The number of hydrogen-bond donors (Lipinski definition) is 3. The fourth-order valence-corrected chi connectivity index (χ4v) is 1.96. The van der Waals surface area contributed by atoms with Gasteiger partial charge in [-0.3, -0.25) is 9.59 Å². The lowest BCUT2D eigenvalue weighted by Gasteiger charge is -2.23. The Kier molecular flexibility index (Phi) is 5.70. The van der Waals surface area contributed by atoms with Crippen molar-refractivity contribution < 1.29 is 9.59 Å². The first kappa shape index (κ1) is 16.2.